The van der Waals surface area contributed by atoms with Gasteiger partial charge in [-0.3, -0.25) is 19.5 Å². The Bertz CT molecular complexity index is 803. The van der Waals surface area contributed by atoms with Crippen molar-refractivity contribution < 1.29 is 9.59 Å². The third-order valence-electron chi connectivity index (χ3n) is 3.40. The first-order valence-corrected chi connectivity index (χ1v) is 8.16. The predicted molar refractivity (Wildman–Crippen MR) is 89.5 cm³/mol. The number of aromatic nitrogens is 2. The van der Waals surface area contributed by atoms with Crippen LogP contribution >= 0.6 is 11.8 Å². The van der Waals surface area contributed by atoms with Crippen molar-refractivity contribution >= 4 is 34.6 Å². The Labute approximate surface area is 137 Å². The molecule has 0 aliphatic rings. The van der Waals surface area contributed by atoms with Crippen LogP contribution in [-0.2, 0) is 4.79 Å². The number of imide groups is 1. The molecular weight excluding hydrogens is 316 g/mol. The molecule has 23 heavy (non-hydrogen) atoms. The fraction of sp³-hybridized carbons (Fsp3) is 0.333. The normalized spacial score (nSPS) is 12.1. The maximum Gasteiger partial charge on any atom is 0.318 e. The van der Waals surface area contributed by atoms with Crippen LogP contribution in [0.3, 0.4) is 0 Å². The molecule has 1 atom stereocenters. The van der Waals surface area contributed by atoms with E-state index < -0.39 is 11.9 Å². The van der Waals surface area contributed by atoms with Gasteiger partial charge >= 0.3 is 6.03 Å². The summed E-state index contributed by atoms with van der Waals surface area (Å²) in [4.78, 5) is 39.5. The summed E-state index contributed by atoms with van der Waals surface area (Å²) in [5, 5.41) is 2.98. The van der Waals surface area contributed by atoms with E-state index in [1.165, 1.54) is 0 Å². The van der Waals surface area contributed by atoms with Gasteiger partial charge in [0.25, 0.3) is 5.56 Å². The van der Waals surface area contributed by atoms with E-state index >= 15 is 0 Å². The quantitative estimate of drug-likeness (QED) is 0.639. The lowest BCUT2D eigenvalue weighted by Crippen LogP contribution is -2.36. The van der Waals surface area contributed by atoms with Crippen molar-refractivity contribution in [2.45, 2.75) is 31.5 Å². The van der Waals surface area contributed by atoms with E-state index in [4.69, 9.17) is 5.73 Å². The lowest BCUT2D eigenvalue weighted by molar-refractivity contribution is -0.117. The number of thioether (sulfide) groups is 1. The number of amides is 3. The second kappa shape index (κ2) is 7.28. The molecule has 0 radical (unpaired) electrons. The molecule has 8 heteroatoms. The number of rotatable bonds is 5. The van der Waals surface area contributed by atoms with Crippen LogP contribution in [0, 0.1) is 0 Å². The fourth-order valence-corrected chi connectivity index (χ4v) is 3.00. The maximum absolute atomic E-state index is 12.7. The minimum absolute atomic E-state index is 0.0514. The number of primary amides is 1. The summed E-state index contributed by atoms with van der Waals surface area (Å²) in [5.74, 6) is -0.579. The molecule has 1 aromatic carbocycles. The molecule has 1 heterocycles. The molecule has 1 aromatic heterocycles. The SMILES string of the molecule is CCC(C)n1c(SCC(=O)NC(N)=O)nc2ccccc2c1=O. The van der Waals surface area contributed by atoms with Crippen LogP contribution in [-0.4, -0.2) is 27.2 Å². The minimum Gasteiger partial charge on any atom is -0.351 e. The van der Waals surface area contributed by atoms with Gasteiger partial charge in [-0.2, -0.15) is 0 Å². The van der Waals surface area contributed by atoms with Crippen molar-refractivity contribution in [3.05, 3.63) is 34.6 Å². The number of carbonyl (C=O) groups is 2. The van der Waals surface area contributed by atoms with Crippen LogP contribution in [0.1, 0.15) is 26.3 Å². The van der Waals surface area contributed by atoms with Crippen molar-refractivity contribution in [2.24, 2.45) is 5.73 Å². The molecule has 7 nitrogen and oxygen atoms in total. The molecule has 0 spiro atoms. The van der Waals surface area contributed by atoms with E-state index in [0.717, 1.165) is 18.2 Å². The molecule has 3 amide bonds. The Hall–Kier alpha value is -2.35. The van der Waals surface area contributed by atoms with Crippen LogP contribution in [0.2, 0.25) is 0 Å². The van der Waals surface area contributed by atoms with Gasteiger partial charge < -0.3 is 5.73 Å². The highest BCUT2D eigenvalue weighted by Gasteiger charge is 2.16. The standard InChI is InChI=1S/C15H18N4O3S/c1-3-9(2)19-13(21)10-6-4-5-7-11(10)17-15(19)23-8-12(20)18-14(16)22/h4-7,9H,3,8H2,1-2H3,(H3,16,18,20,22). The van der Waals surface area contributed by atoms with Crippen LogP contribution < -0.4 is 16.6 Å². The number of hydrogen-bond acceptors (Lipinski definition) is 5. The van der Waals surface area contributed by atoms with Gasteiger partial charge in [-0.1, -0.05) is 30.8 Å². The first-order chi connectivity index (χ1) is 10.9. The second-order valence-corrected chi connectivity index (χ2v) is 5.99. The van der Waals surface area contributed by atoms with Gasteiger partial charge in [0.2, 0.25) is 5.91 Å². The number of urea groups is 1. The summed E-state index contributed by atoms with van der Waals surface area (Å²) < 4.78 is 1.59. The Morgan fingerprint density at radius 3 is 2.74 bits per heavy atom. The summed E-state index contributed by atoms with van der Waals surface area (Å²) in [7, 11) is 0. The average molecular weight is 334 g/mol. The summed E-state index contributed by atoms with van der Waals surface area (Å²) >= 11 is 1.10. The molecule has 2 aromatic rings. The van der Waals surface area contributed by atoms with E-state index in [0.29, 0.717) is 16.1 Å². The topological polar surface area (TPSA) is 107 Å². The van der Waals surface area contributed by atoms with Gasteiger partial charge in [0, 0.05) is 6.04 Å². The molecule has 2 rings (SSSR count). The molecule has 122 valence electrons. The molecular formula is C15H18N4O3S. The number of nitrogens with two attached hydrogens (primary N) is 1. The zero-order chi connectivity index (χ0) is 17.0. The van der Waals surface area contributed by atoms with E-state index in [2.05, 4.69) is 4.98 Å². The van der Waals surface area contributed by atoms with Gasteiger partial charge in [0.15, 0.2) is 5.16 Å². The number of carbonyl (C=O) groups excluding carboxylic acids is 2. The molecule has 0 fully saturated rings. The summed E-state index contributed by atoms with van der Waals surface area (Å²) in [6, 6.07) is 6.13. The first-order valence-electron chi connectivity index (χ1n) is 7.17. The van der Waals surface area contributed by atoms with Crippen LogP contribution in [0.5, 0.6) is 0 Å². The molecule has 0 saturated carbocycles. The van der Waals surface area contributed by atoms with E-state index in [-0.39, 0.29) is 17.4 Å². The average Bonchev–Trinajstić information content (AvgIpc) is 2.52. The number of para-hydroxylation sites is 1. The minimum atomic E-state index is -0.901. The lowest BCUT2D eigenvalue weighted by Gasteiger charge is -2.18. The lowest BCUT2D eigenvalue weighted by atomic mass is 10.2. The van der Waals surface area contributed by atoms with Gasteiger partial charge in [-0.05, 0) is 25.5 Å². The zero-order valence-electron chi connectivity index (χ0n) is 12.9. The van der Waals surface area contributed by atoms with Gasteiger partial charge in [0.05, 0.1) is 16.7 Å². The number of hydrogen-bond donors (Lipinski definition) is 2. The number of nitrogens with one attached hydrogen (secondary N) is 1. The Kier molecular flexibility index (Phi) is 5.38. The summed E-state index contributed by atoms with van der Waals surface area (Å²) in [6.07, 6.45) is 0.751. The van der Waals surface area contributed by atoms with Crippen molar-refractivity contribution in [3.8, 4) is 0 Å². The third-order valence-corrected chi connectivity index (χ3v) is 4.35. The highest BCUT2D eigenvalue weighted by atomic mass is 32.2. The van der Waals surface area contributed by atoms with Crippen molar-refractivity contribution in [3.63, 3.8) is 0 Å². The van der Waals surface area contributed by atoms with Crippen molar-refractivity contribution in [2.75, 3.05) is 5.75 Å². The second-order valence-electron chi connectivity index (χ2n) is 5.05. The highest BCUT2D eigenvalue weighted by Crippen LogP contribution is 2.22. The van der Waals surface area contributed by atoms with Crippen LogP contribution in [0.4, 0.5) is 4.79 Å². The highest BCUT2D eigenvalue weighted by molar-refractivity contribution is 7.99. The molecule has 3 N–H and O–H groups in total. The smallest absolute Gasteiger partial charge is 0.318 e. The van der Waals surface area contributed by atoms with Gasteiger partial charge in [-0.25, -0.2) is 9.78 Å². The Morgan fingerprint density at radius 2 is 2.09 bits per heavy atom. The number of nitrogens with zero attached hydrogens (tertiary/aromatic N) is 2. The zero-order valence-corrected chi connectivity index (χ0v) is 13.7. The monoisotopic (exact) mass is 334 g/mol. The third kappa shape index (κ3) is 3.89. The summed E-state index contributed by atoms with van der Waals surface area (Å²) in [5.41, 5.74) is 5.35. The molecule has 0 bridgehead atoms. The largest absolute Gasteiger partial charge is 0.351 e. The van der Waals surface area contributed by atoms with E-state index in [1.54, 1.807) is 28.8 Å². The molecule has 1 unspecified atom stereocenters. The van der Waals surface area contributed by atoms with Crippen molar-refractivity contribution in [1.82, 2.24) is 14.9 Å². The Balaban J connectivity index is 2.42. The van der Waals surface area contributed by atoms with Crippen LogP contribution in [0.15, 0.2) is 34.2 Å². The molecule has 0 saturated heterocycles. The first kappa shape index (κ1) is 17.0. The van der Waals surface area contributed by atoms with Gasteiger partial charge in [0.1, 0.15) is 0 Å². The Morgan fingerprint density at radius 1 is 1.39 bits per heavy atom. The number of fused-ring (bicyclic) bond motifs is 1. The van der Waals surface area contributed by atoms with Gasteiger partial charge in [-0.15, -0.1) is 0 Å². The van der Waals surface area contributed by atoms with Crippen molar-refractivity contribution in [1.29, 1.82) is 0 Å². The van der Waals surface area contributed by atoms with Crippen LogP contribution in [0.25, 0.3) is 10.9 Å². The maximum atomic E-state index is 12.7. The predicted octanol–water partition coefficient (Wildman–Crippen LogP) is 1.65. The summed E-state index contributed by atoms with van der Waals surface area (Å²) in [6.45, 7) is 3.89. The fourth-order valence-electron chi connectivity index (χ4n) is 2.10. The van der Waals surface area contributed by atoms with E-state index in [9.17, 15) is 14.4 Å². The molecule has 0 aliphatic carbocycles. The number of benzene rings is 1. The van der Waals surface area contributed by atoms with E-state index in [1.807, 2.05) is 19.2 Å². The molecule has 0 aliphatic heterocycles.